The molecule has 0 atom stereocenters. The molecule has 168 valence electrons. The molecular formula is C22H27F3N4O2. The molecule has 4 rings (SSSR count). The van der Waals surface area contributed by atoms with Gasteiger partial charge >= 0.3 is 6.36 Å². The summed E-state index contributed by atoms with van der Waals surface area (Å²) in [4.78, 5) is 11.3. The largest absolute Gasteiger partial charge is 0.573 e. The molecule has 6 nitrogen and oxygen atoms in total. The van der Waals surface area contributed by atoms with Crippen molar-refractivity contribution in [3.63, 3.8) is 0 Å². The Kier molecular flexibility index (Phi) is 5.98. The molecule has 0 bridgehead atoms. The van der Waals surface area contributed by atoms with Crippen LogP contribution in [-0.4, -0.2) is 61.3 Å². The van der Waals surface area contributed by atoms with Gasteiger partial charge in [-0.15, -0.1) is 13.2 Å². The maximum atomic E-state index is 12.4. The number of benzene rings is 1. The van der Waals surface area contributed by atoms with Gasteiger partial charge < -0.3 is 19.3 Å². The minimum Gasteiger partial charge on any atom is -0.406 e. The van der Waals surface area contributed by atoms with Crippen LogP contribution in [-0.2, 0) is 11.3 Å². The lowest BCUT2D eigenvalue weighted by Gasteiger charge is -2.31. The van der Waals surface area contributed by atoms with Gasteiger partial charge in [0, 0.05) is 43.6 Å². The fraction of sp³-hybridized carbons (Fsp3) is 0.500. The summed E-state index contributed by atoms with van der Waals surface area (Å²) >= 11 is 0. The Labute approximate surface area is 180 Å². The Hall–Kier alpha value is -2.52. The molecule has 2 aliphatic heterocycles. The predicted molar refractivity (Wildman–Crippen MR) is 112 cm³/mol. The van der Waals surface area contributed by atoms with Crippen molar-refractivity contribution >= 4 is 11.5 Å². The second-order valence-corrected chi connectivity index (χ2v) is 8.51. The first kappa shape index (κ1) is 21.7. The fourth-order valence-electron chi connectivity index (χ4n) is 4.05. The van der Waals surface area contributed by atoms with Gasteiger partial charge in [-0.2, -0.15) is 0 Å². The average molecular weight is 436 g/mol. The molecule has 0 unspecified atom stereocenters. The molecule has 9 heteroatoms. The number of ether oxygens (including phenoxy) is 2. The highest BCUT2D eigenvalue weighted by Crippen LogP contribution is 2.32. The van der Waals surface area contributed by atoms with Gasteiger partial charge in [0.05, 0.1) is 19.9 Å². The predicted octanol–water partition coefficient (Wildman–Crippen LogP) is 3.88. The van der Waals surface area contributed by atoms with Crippen molar-refractivity contribution in [2.45, 2.75) is 32.3 Å². The number of hydrogen-bond acceptors (Lipinski definition) is 6. The van der Waals surface area contributed by atoms with Crippen LogP contribution in [0.1, 0.15) is 19.4 Å². The van der Waals surface area contributed by atoms with Crippen LogP contribution in [0, 0.1) is 0 Å². The Morgan fingerprint density at radius 1 is 1.06 bits per heavy atom. The van der Waals surface area contributed by atoms with Crippen LogP contribution >= 0.6 is 0 Å². The van der Waals surface area contributed by atoms with E-state index in [1.165, 1.54) is 17.7 Å². The molecule has 2 fully saturated rings. The second kappa shape index (κ2) is 8.55. The molecule has 0 amide bonds. The summed E-state index contributed by atoms with van der Waals surface area (Å²) < 4.78 is 46.6. The van der Waals surface area contributed by atoms with E-state index in [1.54, 1.807) is 12.1 Å². The number of alkyl halides is 3. The van der Waals surface area contributed by atoms with Gasteiger partial charge in [0.2, 0.25) is 0 Å². The van der Waals surface area contributed by atoms with Crippen molar-refractivity contribution in [3.05, 3.63) is 48.2 Å². The zero-order valence-corrected chi connectivity index (χ0v) is 17.7. The third-order valence-corrected chi connectivity index (χ3v) is 5.73. The molecule has 2 saturated heterocycles. The Morgan fingerprint density at radius 2 is 1.77 bits per heavy atom. The minimum absolute atomic E-state index is 0.0937. The first-order chi connectivity index (χ1) is 14.7. The number of halogens is 3. The van der Waals surface area contributed by atoms with E-state index in [-0.39, 0.29) is 11.3 Å². The normalized spacial score (nSPS) is 19.6. The third-order valence-electron chi connectivity index (χ3n) is 5.73. The van der Waals surface area contributed by atoms with Crippen molar-refractivity contribution in [2.24, 2.45) is 0 Å². The fourth-order valence-corrected chi connectivity index (χ4v) is 4.05. The zero-order valence-electron chi connectivity index (χ0n) is 17.7. The van der Waals surface area contributed by atoms with Gasteiger partial charge in [0.25, 0.3) is 0 Å². The molecule has 0 saturated carbocycles. The van der Waals surface area contributed by atoms with Crippen LogP contribution in [0.2, 0.25) is 0 Å². The second-order valence-electron chi connectivity index (χ2n) is 8.51. The lowest BCUT2D eigenvalue weighted by molar-refractivity contribution is -0.274. The summed E-state index contributed by atoms with van der Waals surface area (Å²) in [6.45, 7) is 9.69. The summed E-state index contributed by atoms with van der Waals surface area (Å²) in [5.41, 5.74) is 1.96. The van der Waals surface area contributed by atoms with Gasteiger partial charge in [0.15, 0.2) is 0 Å². The topological polar surface area (TPSA) is 41.1 Å². The standard InChI is InChI=1S/C22H27F3N4O2/c1-21(2)15-28(18-3-5-19(6-4-18)31-22(23,24)25)16-29(21)14-17-7-8-26-20(13-17)27-9-11-30-12-10-27/h3-8,13H,9-12,14-16H2,1-2H3. The van der Waals surface area contributed by atoms with Crippen LogP contribution in [0.4, 0.5) is 24.7 Å². The molecule has 1 aromatic carbocycles. The van der Waals surface area contributed by atoms with E-state index in [4.69, 9.17) is 4.74 Å². The lowest BCUT2D eigenvalue weighted by atomic mass is 10.0. The van der Waals surface area contributed by atoms with Crippen molar-refractivity contribution in [1.82, 2.24) is 9.88 Å². The van der Waals surface area contributed by atoms with Crippen LogP contribution in [0.15, 0.2) is 42.6 Å². The lowest BCUT2D eigenvalue weighted by Crippen LogP contribution is -2.39. The highest BCUT2D eigenvalue weighted by atomic mass is 19.4. The van der Waals surface area contributed by atoms with E-state index in [2.05, 4.69) is 44.3 Å². The van der Waals surface area contributed by atoms with Crippen molar-refractivity contribution in [3.8, 4) is 5.75 Å². The first-order valence-corrected chi connectivity index (χ1v) is 10.3. The number of aromatic nitrogens is 1. The Bertz CT molecular complexity index is 883. The minimum atomic E-state index is -4.68. The summed E-state index contributed by atoms with van der Waals surface area (Å²) in [6.07, 6.45) is -2.83. The average Bonchev–Trinajstić information content (AvgIpc) is 3.02. The number of morpholine rings is 1. The van der Waals surface area contributed by atoms with Crippen LogP contribution in [0.3, 0.4) is 0 Å². The zero-order chi connectivity index (χ0) is 22.1. The van der Waals surface area contributed by atoms with Gasteiger partial charge in [-0.05, 0) is 55.8 Å². The maximum absolute atomic E-state index is 12.4. The SMILES string of the molecule is CC1(C)CN(c2ccc(OC(F)(F)F)cc2)CN1Cc1ccnc(N2CCOCC2)c1. The van der Waals surface area contributed by atoms with Gasteiger partial charge in [-0.1, -0.05) is 0 Å². The molecule has 1 aromatic heterocycles. The van der Waals surface area contributed by atoms with Gasteiger partial charge in [0.1, 0.15) is 11.6 Å². The number of nitrogens with zero attached hydrogens (tertiary/aromatic N) is 4. The number of pyridine rings is 1. The van der Waals surface area contributed by atoms with Crippen molar-refractivity contribution in [1.29, 1.82) is 0 Å². The van der Waals surface area contributed by atoms with E-state index >= 15 is 0 Å². The number of hydrogen-bond donors (Lipinski definition) is 0. The quantitative estimate of drug-likeness (QED) is 0.709. The molecule has 2 aliphatic rings. The smallest absolute Gasteiger partial charge is 0.406 e. The van der Waals surface area contributed by atoms with Gasteiger partial charge in [-0.25, -0.2) is 4.98 Å². The van der Waals surface area contributed by atoms with Crippen molar-refractivity contribution < 1.29 is 22.6 Å². The molecular weight excluding hydrogens is 409 g/mol. The molecule has 0 spiro atoms. The molecule has 0 N–H and O–H groups in total. The molecule has 3 heterocycles. The molecule has 31 heavy (non-hydrogen) atoms. The monoisotopic (exact) mass is 436 g/mol. The Morgan fingerprint density at radius 3 is 2.45 bits per heavy atom. The number of rotatable bonds is 5. The summed E-state index contributed by atoms with van der Waals surface area (Å²) in [6, 6.07) is 10.2. The number of anilines is 2. The molecule has 0 aliphatic carbocycles. The Balaban J connectivity index is 1.43. The van der Waals surface area contributed by atoms with E-state index < -0.39 is 6.36 Å². The van der Waals surface area contributed by atoms with E-state index in [0.717, 1.165) is 37.7 Å². The van der Waals surface area contributed by atoms with E-state index in [9.17, 15) is 13.2 Å². The summed E-state index contributed by atoms with van der Waals surface area (Å²) in [7, 11) is 0. The van der Waals surface area contributed by atoms with Crippen molar-refractivity contribution in [2.75, 3.05) is 49.3 Å². The summed E-state index contributed by atoms with van der Waals surface area (Å²) in [5.74, 6) is 0.758. The van der Waals surface area contributed by atoms with E-state index in [0.29, 0.717) is 19.9 Å². The first-order valence-electron chi connectivity index (χ1n) is 10.3. The maximum Gasteiger partial charge on any atom is 0.573 e. The highest BCUT2D eigenvalue weighted by molar-refractivity contribution is 5.50. The molecule has 2 aromatic rings. The van der Waals surface area contributed by atoms with Gasteiger partial charge in [-0.3, -0.25) is 4.90 Å². The van der Waals surface area contributed by atoms with Crippen LogP contribution < -0.4 is 14.5 Å². The highest BCUT2D eigenvalue weighted by Gasteiger charge is 2.37. The summed E-state index contributed by atoms with van der Waals surface area (Å²) in [5, 5.41) is 0. The van der Waals surface area contributed by atoms with Crippen LogP contribution in [0.25, 0.3) is 0 Å². The van der Waals surface area contributed by atoms with E-state index in [1.807, 2.05) is 12.3 Å². The third kappa shape index (κ3) is 5.40. The molecule has 0 radical (unpaired) electrons. The van der Waals surface area contributed by atoms with Crippen LogP contribution in [0.5, 0.6) is 5.75 Å².